The SMILES string of the molecule is Cc1ccncc1-c1cc(CNC2CC2)ccc1C. The summed E-state index contributed by atoms with van der Waals surface area (Å²) in [5.41, 5.74) is 6.50. The lowest BCUT2D eigenvalue weighted by molar-refractivity contribution is 0.688. The number of nitrogens with zero attached hydrogens (tertiary/aromatic N) is 1. The molecule has 1 fully saturated rings. The highest BCUT2D eigenvalue weighted by Gasteiger charge is 2.20. The summed E-state index contributed by atoms with van der Waals surface area (Å²) >= 11 is 0. The lowest BCUT2D eigenvalue weighted by Gasteiger charge is -2.11. The zero-order valence-electron chi connectivity index (χ0n) is 11.6. The molecule has 98 valence electrons. The van der Waals surface area contributed by atoms with Gasteiger partial charge in [-0.15, -0.1) is 0 Å². The van der Waals surface area contributed by atoms with Crippen LogP contribution in [0.25, 0.3) is 11.1 Å². The van der Waals surface area contributed by atoms with Crippen molar-refractivity contribution in [1.29, 1.82) is 0 Å². The van der Waals surface area contributed by atoms with Crippen LogP contribution in [0.1, 0.15) is 29.5 Å². The van der Waals surface area contributed by atoms with Crippen molar-refractivity contribution in [1.82, 2.24) is 10.3 Å². The first-order chi connectivity index (χ1) is 9.24. The summed E-state index contributed by atoms with van der Waals surface area (Å²) in [5, 5.41) is 3.57. The molecule has 2 heteroatoms. The molecule has 1 saturated carbocycles. The van der Waals surface area contributed by atoms with Crippen molar-refractivity contribution in [2.45, 2.75) is 39.3 Å². The van der Waals surface area contributed by atoms with Gasteiger partial charge in [-0.3, -0.25) is 4.98 Å². The number of benzene rings is 1. The number of nitrogens with one attached hydrogen (secondary N) is 1. The summed E-state index contributed by atoms with van der Waals surface area (Å²) in [4.78, 5) is 4.26. The molecular weight excluding hydrogens is 232 g/mol. The fraction of sp³-hybridized carbons (Fsp3) is 0.353. The average Bonchev–Trinajstić information content (AvgIpc) is 3.23. The molecule has 1 heterocycles. The van der Waals surface area contributed by atoms with Crippen molar-refractivity contribution in [2.75, 3.05) is 0 Å². The quantitative estimate of drug-likeness (QED) is 0.899. The minimum absolute atomic E-state index is 0.755. The molecule has 3 rings (SSSR count). The van der Waals surface area contributed by atoms with E-state index in [2.05, 4.69) is 48.4 Å². The standard InChI is InChI=1S/C17H20N2/c1-12-3-4-14(10-19-15-5-6-15)9-16(12)17-11-18-8-7-13(17)2/h3-4,7-9,11,15,19H,5-6,10H2,1-2H3. The molecule has 19 heavy (non-hydrogen) atoms. The maximum Gasteiger partial charge on any atom is 0.0349 e. The Kier molecular flexibility index (Phi) is 3.34. The Balaban J connectivity index is 1.90. The lowest BCUT2D eigenvalue weighted by Crippen LogP contribution is -2.15. The number of aromatic nitrogens is 1. The first kappa shape index (κ1) is 12.4. The molecule has 2 aromatic rings. The predicted molar refractivity (Wildman–Crippen MR) is 79.0 cm³/mol. The second-order valence-electron chi connectivity index (χ2n) is 5.50. The largest absolute Gasteiger partial charge is 0.310 e. The van der Waals surface area contributed by atoms with Crippen molar-refractivity contribution in [3.05, 3.63) is 53.3 Å². The van der Waals surface area contributed by atoms with Gasteiger partial charge in [-0.2, -0.15) is 0 Å². The van der Waals surface area contributed by atoms with Crippen molar-refractivity contribution in [3.8, 4) is 11.1 Å². The molecule has 0 bridgehead atoms. The van der Waals surface area contributed by atoms with Crippen LogP contribution in [0, 0.1) is 13.8 Å². The van der Waals surface area contributed by atoms with Crippen molar-refractivity contribution < 1.29 is 0 Å². The monoisotopic (exact) mass is 252 g/mol. The summed E-state index contributed by atoms with van der Waals surface area (Å²) in [7, 11) is 0. The van der Waals surface area contributed by atoms with Crippen molar-refractivity contribution in [3.63, 3.8) is 0 Å². The van der Waals surface area contributed by atoms with Gasteiger partial charge in [0.15, 0.2) is 0 Å². The molecule has 0 unspecified atom stereocenters. The second kappa shape index (κ2) is 5.14. The fourth-order valence-electron chi connectivity index (χ4n) is 2.36. The highest BCUT2D eigenvalue weighted by atomic mass is 14.9. The van der Waals surface area contributed by atoms with Crippen LogP contribution >= 0.6 is 0 Å². The van der Waals surface area contributed by atoms with Crippen LogP contribution in [0.15, 0.2) is 36.7 Å². The minimum Gasteiger partial charge on any atom is -0.310 e. The summed E-state index contributed by atoms with van der Waals surface area (Å²) in [6.45, 7) is 5.28. The molecule has 1 aliphatic carbocycles. The topological polar surface area (TPSA) is 24.9 Å². The first-order valence-electron chi connectivity index (χ1n) is 6.98. The van der Waals surface area contributed by atoms with E-state index in [1.807, 2.05) is 12.4 Å². The Bertz CT molecular complexity index is 586. The molecule has 1 aromatic carbocycles. The van der Waals surface area contributed by atoms with Gasteiger partial charge in [-0.25, -0.2) is 0 Å². The van der Waals surface area contributed by atoms with E-state index >= 15 is 0 Å². The van der Waals surface area contributed by atoms with E-state index in [9.17, 15) is 0 Å². The van der Waals surface area contributed by atoms with Gasteiger partial charge >= 0.3 is 0 Å². The van der Waals surface area contributed by atoms with Gasteiger partial charge < -0.3 is 5.32 Å². The van der Waals surface area contributed by atoms with Crippen molar-refractivity contribution in [2.24, 2.45) is 0 Å². The van der Waals surface area contributed by atoms with Gasteiger partial charge in [0.1, 0.15) is 0 Å². The van der Waals surface area contributed by atoms with Crippen LogP contribution < -0.4 is 5.32 Å². The van der Waals surface area contributed by atoms with E-state index in [1.54, 1.807) is 0 Å². The summed E-state index contributed by atoms with van der Waals surface area (Å²) in [6.07, 6.45) is 6.49. The van der Waals surface area contributed by atoms with E-state index < -0.39 is 0 Å². The highest BCUT2D eigenvalue weighted by molar-refractivity contribution is 5.70. The van der Waals surface area contributed by atoms with Gasteiger partial charge in [0, 0.05) is 30.5 Å². The zero-order valence-corrected chi connectivity index (χ0v) is 11.6. The van der Waals surface area contributed by atoms with Crippen LogP contribution in [0.5, 0.6) is 0 Å². The van der Waals surface area contributed by atoms with Gasteiger partial charge in [-0.05, 0) is 61.1 Å². The second-order valence-corrected chi connectivity index (χ2v) is 5.50. The van der Waals surface area contributed by atoms with E-state index in [4.69, 9.17) is 0 Å². The number of rotatable bonds is 4. The molecular formula is C17H20N2. The molecule has 1 aliphatic rings. The molecule has 2 nitrogen and oxygen atoms in total. The number of hydrogen-bond donors (Lipinski definition) is 1. The summed E-state index contributed by atoms with van der Waals surface area (Å²) in [5.74, 6) is 0. The third-order valence-electron chi connectivity index (χ3n) is 3.80. The summed E-state index contributed by atoms with van der Waals surface area (Å²) in [6, 6.07) is 9.56. The number of aryl methyl sites for hydroxylation is 2. The van der Waals surface area contributed by atoms with Gasteiger partial charge in [0.2, 0.25) is 0 Å². The van der Waals surface area contributed by atoms with E-state index in [0.717, 1.165) is 12.6 Å². The molecule has 0 radical (unpaired) electrons. The Labute approximate surface area is 114 Å². The molecule has 1 N–H and O–H groups in total. The predicted octanol–water partition coefficient (Wildman–Crippen LogP) is 3.62. The van der Waals surface area contributed by atoms with E-state index in [1.165, 1.54) is 40.7 Å². The van der Waals surface area contributed by atoms with Crippen LogP contribution in [-0.4, -0.2) is 11.0 Å². The molecule has 0 amide bonds. The van der Waals surface area contributed by atoms with Crippen LogP contribution in [0.4, 0.5) is 0 Å². The number of pyridine rings is 1. The molecule has 0 saturated heterocycles. The molecule has 0 atom stereocenters. The fourth-order valence-corrected chi connectivity index (χ4v) is 2.36. The Morgan fingerprint density at radius 2 is 1.89 bits per heavy atom. The van der Waals surface area contributed by atoms with Gasteiger partial charge in [0.05, 0.1) is 0 Å². The third kappa shape index (κ3) is 2.85. The van der Waals surface area contributed by atoms with Gasteiger partial charge in [0.25, 0.3) is 0 Å². The lowest BCUT2D eigenvalue weighted by atomic mass is 9.96. The average molecular weight is 252 g/mol. The smallest absolute Gasteiger partial charge is 0.0349 e. The maximum atomic E-state index is 4.26. The summed E-state index contributed by atoms with van der Waals surface area (Å²) < 4.78 is 0. The molecule has 0 spiro atoms. The van der Waals surface area contributed by atoms with Crippen LogP contribution in [-0.2, 0) is 6.54 Å². The normalized spacial score (nSPS) is 14.6. The van der Waals surface area contributed by atoms with E-state index in [0.29, 0.717) is 0 Å². The molecule has 0 aliphatic heterocycles. The minimum atomic E-state index is 0.755. The Hall–Kier alpha value is -1.67. The van der Waals surface area contributed by atoms with Crippen LogP contribution in [0.3, 0.4) is 0 Å². The van der Waals surface area contributed by atoms with Crippen molar-refractivity contribution >= 4 is 0 Å². The maximum absolute atomic E-state index is 4.26. The van der Waals surface area contributed by atoms with E-state index in [-0.39, 0.29) is 0 Å². The highest BCUT2D eigenvalue weighted by Crippen LogP contribution is 2.27. The zero-order chi connectivity index (χ0) is 13.2. The van der Waals surface area contributed by atoms with Crippen LogP contribution in [0.2, 0.25) is 0 Å². The third-order valence-corrected chi connectivity index (χ3v) is 3.80. The Morgan fingerprint density at radius 3 is 2.63 bits per heavy atom. The Morgan fingerprint density at radius 1 is 1.11 bits per heavy atom. The number of hydrogen-bond acceptors (Lipinski definition) is 2. The first-order valence-corrected chi connectivity index (χ1v) is 6.98. The molecule has 1 aromatic heterocycles. The van der Waals surface area contributed by atoms with Gasteiger partial charge in [-0.1, -0.05) is 12.1 Å².